The molecule has 0 atom stereocenters. The highest BCUT2D eigenvalue weighted by atomic mass is 127. The zero-order valence-electron chi connectivity index (χ0n) is 7.11. The van der Waals surface area contributed by atoms with Crippen molar-refractivity contribution in [3.63, 3.8) is 0 Å². The van der Waals surface area contributed by atoms with E-state index in [9.17, 15) is 4.39 Å². The number of nitrogens with zero attached hydrogens (tertiary/aromatic N) is 1. The highest BCUT2D eigenvalue weighted by Crippen LogP contribution is 2.34. The Labute approximate surface area is 81.8 Å². The van der Waals surface area contributed by atoms with Crippen LogP contribution in [0, 0.1) is 5.92 Å². The average molecular weight is 271 g/mol. The third-order valence-electron chi connectivity index (χ3n) is 2.57. The van der Waals surface area contributed by atoms with Gasteiger partial charge in [-0.3, -0.25) is 0 Å². The summed E-state index contributed by atoms with van der Waals surface area (Å²) in [6.07, 6.45) is 1.40. The SMILES string of the molecule is CC(C)C1(F)CCN(I)CC1. The van der Waals surface area contributed by atoms with E-state index in [1.807, 2.05) is 13.8 Å². The van der Waals surface area contributed by atoms with Gasteiger partial charge >= 0.3 is 0 Å². The van der Waals surface area contributed by atoms with E-state index >= 15 is 0 Å². The van der Waals surface area contributed by atoms with E-state index in [4.69, 9.17) is 0 Å². The summed E-state index contributed by atoms with van der Waals surface area (Å²) < 4.78 is 16.0. The normalized spacial score (nSPS) is 25.9. The molecule has 11 heavy (non-hydrogen) atoms. The molecule has 1 aliphatic rings. The molecule has 0 unspecified atom stereocenters. The van der Waals surface area contributed by atoms with Crippen molar-refractivity contribution in [3.05, 3.63) is 0 Å². The summed E-state index contributed by atoms with van der Waals surface area (Å²) in [5.41, 5.74) is -0.887. The second-order valence-electron chi connectivity index (χ2n) is 3.60. The van der Waals surface area contributed by atoms with E-state index in [-0.39, 0.29) is 5.92 Å². The monoisotopic (exact) mass is 271 g/mol. The molecule has 0 aromatic rings. The Morgan fingerprint density at radius 1 is 1.36 bits per heavy atom. The molecule has 0 spiro atoms. The molecule has 0 aliphatic carbocycles. The molecule has 0 aromatic carbocycles. The van der Waals surface area contributed by atoms with Gasteiger partial charge in [-0.15, -0.1) is 0 Å². The quantitative estimate of drug-likeness (QED) is 0.523. The minimum Gasteiger partial charge on any atom is -0.247 e. The Hall–Kier alpha value is 0.620. The molecule has 0 bridgehead atoms. The predicted molar refractivity (Wildman–Crippen MR) is 53.5 cm³/mol. The number of rotatable bonds is 1. The van der Waals surface area contributed by atoms with Gasteiger partial charge in [0.05, 0.1) is 0 Å². The molecule has 1 heterocycles. The molecule has 1 aliphatic heterocycles. The molecule has 1 fully saturated rings. The lowest BCUT2D eigenvalue weighted by atomic mass is 9.84. The average Bonchev–Trinajstić information content (AvgIpc) is 1.95. The smallest absolute Gasteiger partial charge is 0.115 e. The summed E-state index contributed by atoms with van der Waals surface area (Å²) in [6.45, 7) is 5.75. The third kappa shape index (κ3) is 2.28. The van der Waals surface area contributed by atoms with Crippen LogP contribution in [0.25, 0.3) is 0 Å². The van der Waals surface area contributed by atoms with Crippen LogP contribution >= 0.6 is 22.9 Å². The van der Waals surface area contributed by atoms with Gasteiger partial charge in [-0.2, -0.15) is 0 Å². The first-order valence-electron chi connectivity index (χ1n) is 4.14. The van der Waals surface area contributed by atoms with Gasteiger partial charge in [0.15, 0.2) is 0 Å². The second kappa shape index (κ2) is 3.56. The van der Waals surface area contributed by atoms with Crippen LogP contribution in [-0.4, -0.2) is 21.9 Å². The van der Waals surface area contributed by atoms with Gasteiger partial charge < -0.3 is 0 Å². The summed E-state index contributed by atoms with van der Waals surface area (Å²) in [6, 6.07) is 0. The number of alkyl halides is 1. The summed E-state index contributed by atoms with van der Waals surface area (Å²) >= 11 is 2.26. The van der Waals surface area contributed by atoms with Crippen LogP contribution in [0.15, 0.2) is 0 Å². The maximum atomic E-state index is 13.8. The molecule has 1 nitrogen and oxygen atoms in total. The second-order valence-corrected chi connectivity index (χ2v) is 4.96. The number of hydrogen-bond acceptors (Lipinski definition) is 1. The van der Waals surface area contributed by atoms with Gasteiger partial charge in [-0.1, -0.05) is 13.8 Å². The lowest BCUT2D eigenvalue weighted by Gasteiger charge is -2.36. The van der Waals surface area contributed by atoms with Crippen molar-refractivity contribution in [2.45, 2.75) is 32.4 Å². The van der Waals surface area contributed by atoms with E-state index in [0.717, 1.165) is 13.1 Å². The molecule has 0 saturated carbocycles. The fourth-order valence-corrected chi connectivity index (χ4v) is 1.91. The van der Waals surface area contributed by atoms with E-state index in [1.165, 1.54) is 0 Å². The minimum absolute atomic E-state index is 0.174. The van der Waals surface area contributed by atoms with Crippen molar-refractivity contribution in [2.75, 3.05) is 13.1 Å². The third-order valence-corrected chi connectivity index (χ3v) is 3.54. The number of piperidine rings is 1. The van der Waals surface area contributed by atoms with Gasteiger partial charge in [-0.05, 0) is 18.8 Å². The fraction of sp³-hybridized carbons (Fsp3) is 1.00. The molecule has 3 heteroatoms. The van der Waals surface area contributed by atoms with E-state index in [2.05, 4.69) is 26.0 Å². The van der Waals surface area contributed by atoms with Crippen molar-refractivity contribution < 1.29 is 4.39 Å². The lowest BCUT2D eigenvalue weighted by molar-refractivity contribution is 0.0481. The summed E-state index contributed by atoms with van der Waals surface area (Å²) in [5, 5.41) is 0. The van der Waals surface area contributed by atoms with Crippen molar-refractivity contribution in [1.29, 1.82) is 0 Å². The van der Waals surface area contributed by atoms with Crippen molar-refractivity contribution in [1.82, 2.24) is 3.11 Å². The van der Waals surface area contributed by atoms with Crippen LogP contribution in [0.4, 0.5) is 4.39 Å². The Balaban J connectivity index is 2.48. The molecule has 0 amide bonds. The van der Waals surface area contributed by atoms with Gasteiger partial charge in [-0.25, -0.2) is 7.50 Å². The molecular formula is C8H15FIN. The van der Waals surface area contributed by atoms with Crippen LogP contribution in [0.5, 0.6) is 0 Å². The van der Waals surface area contributed by atoms with E-state index < -0.39 is 5.67 Å². The largest absolute Gasteiger partial charge is 0.247 e. The maximum Gasteiger partial charge on any atom is 0.115 e. The van der Waals surface area contributed by atoms with Crippen molar-refractivity contribution in [2.24, 2.45) is 5.92 Å². The maximum absolute atomic E-state index is 13.8. The lowest BCUT2D eigenvalue weighted by Crippen LogP contribution is -2.40. The minimum atomic E-state index is -0.887. The van der Waals surface area contributed by atoms with Gasteiger partial charge in [0.2, 0.25) is 0 Å². The topological polar surface area (TPSA) is 3.24 Å². The highest BCUT2D eigenvalue weighted by Gasteiger charge is 2.36. The highest BCUT2D eigenvalue weighted by molar-refractivity contribution is 14.1. The first-order valence-corrected chi connectivity index (χ1v) is 5.11. The summed E-state index contributed by atoms with van der Waals surface area (Å²) in [5.74, 6) is 0.174. The molecule has 1 saturated heterocycles. The Bertz CT molecular complexity index is 130. The van der Waals surface area contributed by atoms with Gasteiger partial charge in [0.1, 0.15) is 5.67 Å². The van der Waals surface area contributed by atoms with Crippen LogP contribution in [0.2, 0.25) is 0 Å². The summed E-state index contributed by atoms with van der Waals surface area (Å²) in [4.78, 5) is 0. The Morgan fingerprint density at radius 3 is 2.18 bits per heavy atom. The van der Waals surface area contributed by atoms with E-state index in [1.54, 1.807) is 0 Å². The van der Waals surface area contributed by atoms with Crippen LogP contribution in [0.3, 0.4) is 0 Å². The molecule has 0 N–H and O–H groups in total. The Kier molecular flexibility index (Phi) is 3.14. The predicted octanol–water partition coefficient (Wildman–Crippen LogP) is 2.80. The van der Waals surface area contributed by atoms with Crippen molar-refractivity contribution >= 4 is 22.9 Å². The fourth-order valence-electron chi connectivity index (χ4n) is 1.43. The molecule has 66 valence electrons. The molecule has 1 rings (SSSR count). The first kappa shape index (κ1) is 9.71. The van der Waals surface area contributed by atoms with Crippen LogP contribution in [-0.2, 0) is 0 Å². The summed E-state index contributed by atoms with van der Waals surface area (Å²) in [7, 11) is 0. The first-order chi connectivity index (χ1) is 5.04. The molecular weight excluding hydrogens is 256 g/mol. The molecule has 0 radical (unpaired) electrons. The zero-order chi connectivity index (χ0) is 8.48. The van der Waals surface area contributed by atoms with Crippen molar-refractivity contribution in [3.8, 4) is 0 Å². The van der Waals surface area contributed by atoms with E-state index in [0.29, 0.717) is 12.8 Å². The Morgan fingerprint density at radius 2 is 1.82 bits per heavy atom. The van der Waals surface area contributed by atoms with Crippen LogP contribution < -0.4 is 0 Å². The van der Waals surface area contributed by atoms with Gasteiger partial charge in [0, 0.05) is 36.0 Å². The number of hydrogen-bond donors (Lipinski definition) is 0. The van der Waals surface area contributed by atoms with Crippen LogP contribution in [0.1, 0.15) is 26.7 Å². The standard InChI is InChI=1S/C8H15FIN/c1-7(2)8(9)3-5-11(10)6-4-8/h7H,3-6H2,1-2H3. The number of halogens is 2. The molecule has 0 aromatic heterocycles. The van der Waals surface area contributed by atoms with Gasteiger partial charge in [0.25, 0.3) is 0 Å². The zero-order valence-corrected chi connectivity index (χ0v) is 9.27.